The van der Waals surface area contributed by atoms with Crippen LogP contribution in [-0.4, -0.2) is 19.7 Å². The first-order valence-corrected chi connectivity index (χ1v) is 7.56. The fourth-order valence-electron chi connectivity index (χ4n) is 2.50. The summed E-state index contributed by atoms with van der Waals surface area (Å²) in [6.45, 7) is 7.39. The second-order valence-electron chi connectivity index (χ2n) is 5.20. The number of benzene rings is 1. The normalized spacial score (nSPS) is 16.8. The quantitative estimate of drug-likeness (QED) is 0.912. The molecule has 1 fully saturated rings. The SMILES string of the molecule is Cc1cc(OCCC2CCNCC2)cc(C)c1Br. The zero-order chi connectivity index (χ0) is 13.0. The van der Waals surface area contributed by atoms with E-state index in [1.54, 1.807) is 0 Å². The van der Waals surface area contributed by atoms with E-state index in [9.17, 15) is 0 Å². The fourth-order valence-corrected chi connectivity index (χ4v) is 2.73. The van der Waals surface area contributed by atoms with Crippen LogP contribution in [0.3, 0.4) is 0 Å². The summed E-state index contributed by atoms with van der Waals surface area (Å²) in [5, 5.41) is 3.40. The van der Waals surface area contributed by atoms with Crippen molar-refractivity contribution in [2.24, 2.45) is 5.92 Å². The third-order valence-electron chi connectivity index (χ3n) is 3.66. The van der Waals surface area contributed by atoms with Crippen molar-refractivity contribution in [2.45, 2.75) is 33.1 Å². The van der Waals surface area contributed by atoms with Gasteiger partial charge in [0, 0.05) is 4.47 Å². The van der Waals surface area contributed by atoms with Gasteiger partial charge in [0.15, 0.2) is 0 Å². The molecule has 2 rings (SSSR count). The largest absolute Gasteiger partial charge is 0.494 e. The monoisotopic (exact) mass is 311 g/mol. The van der Waals surface area contributed by atoms with E-state index in [4.69, 9.17) is 4.74 Å². The van der Waals surface area contributed by atoms with Gasteiger partial charge in [0.25, 0.3) is 0 Å². The lowest BCUT2D eigenvalue weighted by atomic mass is 9.95. The van der Waals surface area contributed by atoms with Crippen LogP contribution in [0.4, 0.5) is 0 Å². The molecule has 0 amide bonds. The van der Waals surface area contributed by atoms with Crippen LogP contribution >= 0.6 is 15.9 Å². The van der Waals surface area contributed by atoms with Gasteiger partial charge in [-0.25, -0.2) is 0 Å². The van der Waals surface area contributed by atoms with Crippen LogP contribution in [0.25, 0.3) is 0 Å². The summed E-state index contributed by atoms with van der Waals surface area (Å²) in [5.74, 6) is 1.84. The Kier molecular flexibility index (Phi) is 5.07. The van der Waals surface area contributed by atoms with Crippen molar-refractivity contribution in [1.29, 1.82) is 0 Å². The Morgan fingerprint density at radius 3 is 2.44 bits per heavy atom. The van der Waals surface area contributed by atoms with E-state index in [1.807, 2.05) is 0 Å². The Morgan fingerprint density at radius 1 is 1.22 bits per heavy atom. The molecular weight excluding hydrogens is 290 g/mol. The van der Waals surface area contributed by atoms with E-state index in [2.05, 4.69) is 47.2 Å². The summed E-state index contributed by atoms with van der Waals surface area (Å²) in [7, 11) is 0. The molecule has 1 aliphatic rings. The van der Waals surface area contributed by atoms with Gasteiger partial charge in [0.1, 0.15) is 5.75 Å². The van der Waals surface area contributed by atoms with Crippen LogP contribution in [-0.2, 0) is 0 Å². The molecule has 1 aromatic rings. The molecule has 3 heteroatoms. The molecule has 0 spiro atoms. The van der Waals surface area contributed by atoms with Crippen LogP contribution in [0.2, 0.25) is 0 Å². The van der Waals surface area contributed by atoms with Crippen LogP contribution < -0.4 is 10.1 Å². The molecule has 1 aromatic carbocycles. The smallest absolute Gasteiger partial charge is 0.119 e. The molecule has 0 atom stereocenters. The standard InChI is InChI=1S/C15H22BrNO/c1-11-9-14(10-12(2)15(11)16)18-8-5-13-3-6-17-7-4-13/h9-10,13,17H,3-8H2,1-2H3. The molecule has 0 unspecified atom stereocenters. The van der Waals surface area contributed by atoms with Crippen molar-refractivity contribution in [1.82, 2.24) is 5.32 Å². The highest BCUT2D eigenvalue weighted by Crippen LogP contribution is 2.26. The molecule has 1 N–H and O–H groups in total. The maximum atomic E-state index is 5.88. The van der Waals surface area contributed by atoms with Gasteiger partial charge in [-0.15, -0.1) is 0 Å². The Labute approximate surface area is 118 Å². The van der Waals surface area contributed by atoms with Gasteiger partial charge < -0.3 is 10.1 Å². The third kappa shape index (κ3) is 3.72. The number of rotatable bonds is 4. The average Bonchev–Trinajstić information content (AvgIpc) is 2.37. The second kappa shape index (κ2) is 6.58. The zero-order valence-electron chi connectivity index (χ0n) is 11.3. The lowest BCUT2D eigenvalue weighted by molar-refractivity contribution is 0.251. The lowest BCUT2D eigenvalue weighted by Crippen LogP contribution is -2.28. The van der Waals surface area contributed by atoms with Crippen molar-refractivity contribution in [3.8, 4) is 5.75 Å². The van der Waals surface area contributed by atoms with Crippen LogP contribution in [0.1, 0.15) is 30.4 Å². The van der Waals surface area contributed by atoms with Crippen molar-refractivity contribution in [2.75, 3.05) is 19.7 Å². The number of halogens is 1. The molecular formula is C15H22BrNO. The summed E-state index contributed by atoms with van der Waals surface area (Å²) in [5.41, 5.74) is 2.48. The van der Waals surface area contributed by atoms with Gasteiger partial charge in [-0.05, 0) is 75.4 Å². The first-order chi connectivity index (χ1) is 8.66. The van der Waals surface area contributed by atoms with Gasteiger partial charge in [0.2, 0.25) is 0 Å². The number of hydrogen-bond donors (Lipinski definition) is 1. The highest BCUT2D eigenvalue weighted by atomic mass is 79.9. The Morgan fingerprint density at radius 2 is 1.83 bits per heavy atom. The van der Waals surface area contributed by atoms with E-state index < -0.39 is 0 Å². The number of ether oxygens (including phenoxy) is 1. The Balaban J connectivity index is 1.82. The molecule has 18 heavy (non-hydrogen) atoms. The summed E-state index contributed by atoms with van der Waals surface area (Å²) in [4.78, 5) is 0. The average molecular weight is 312 g/mol. The number of nitrogens with one attached hydrogen (secondary N) is 1. The number of aryl methyl sites for hydroxylation is 2. The van der Waals surface area contributed by atoms with Crippen LogP contribution in [0.15, 0.2) is 16.6 Å². The number of piperidine rings is 1. The molecule has 0 radical (unpaired) electrons. The molecule has 1 heterocycles. The number of hydrogen-bond acceptors (Lipinski definition) is 2. The van der Waals surface area contributed by atoms with Gasteiger partial charge in [0.05, 0.1) is 6.61 Å². The van der Waals surface area contributed by atoms with Gasteiger partial charge in [-0.3, -0.25) is 0 Å². The van der Waals surface area contributed by atoms with Crippen molar-refractivity contribution in [3.05, 3.63) is 27.7 Å². The Bertz CT molecular complexity index is 376. The summed E-state index contributed by atoms with van der Waals surface area (Å²) in [6.07, 6.45) is 3.76. The molecule has 0 aliphatic carbocycles. The van der Waals surface area contributed by atoms with Crippen LogP contribution in [0, 0.1) is 19.8 Å². The topological polar surface area (TPSA) is 21.3 Å². The molecule has 100 valence electrons. The third-order valence-corrected chi connectivity index (χ3v) is 4.91. The minimum absolute atomic E-state index is 0.837. The first kappa shape index (κ1) is 13.9. The zero-order valence-corrected chi connectivity index (χ0v) is 12.8. The van der Waals surface area contributed by atoms with Crippen LogP contribution in [0.5, 0.6) is 5.75 Å². The van der Waals surface area contributed by atoms with Crippen molar-refractivity contribution >= 4 is 15.9 Å². The first-order valence-electron chi connectivity index (χ1n) is 6.77. The molecule has 0 aromatic heterocycles. The highest BCUT2D eigenvalue weighted by molar-refractivity contribution is 9.10. The summed E-state index contributed by atoms with van der Waals surface area (Å²) in [6, 6.07) is 4.22. The molecule has 1 saturated heterocycles. The van der Waals surface area contributed by atoms with E-state index in [0.717, 1.165) is 18.3 Å². The minimum atomic E-state index is 0.837. The van der Waals surface area contributed by atoms with E-state index in [-0.39, 0.29) is 0 Å². The lowest BCUT2D eigenvalue weighted by Gasteiger charge is -2.22. The predicted molar refractivity (Wildman–Crippen MR) is 79.3 cm³/mol. The van der Waals surface area contributed by atoms with E-state index in [1.165, 1.54) is 48.0 Å². The second-order valence-corrected chi connectivity index (χ2v) is 5.99. The molecule has 2 nitrogen and oxygen atoms in total. The Hall–Kier alpha value is -0.540. The molecule has 1 aliphatic heterocycles. The maximum absolute atomic E-state index is 5.88. The highest BCUT2D eigenvalue weighted by Gasteiger charge is 2.12. The van der Waals surface area contributed by atoms with E-state index in [0.29, 0.717) is 0 Å². The van der Waals surface area contributed by atoms with Crippen molar-refractivity contribution < 1.29 is 4.74 Å². The van der Waals surface area contributed by atoms with Gasteiger partial charge in [-0.2, -0.15) is 0 Å². The maximum Gasteiger partial charge on any atom is 0.119 e. The molecule has 0 bridgehead atoms. The van der Waals surface area contributed by atoms with Gasteiger partial charge in [-0.1, -0.05) is 15.9 Å². The molecule has 0 saturated carbocycles. The van der Waals surface area contributed by atoms with Gasteiger partial charge >= 0.3 is 0 Å². The summed E-state index contributed by atoms with van der Waals surface area (Å²) < 4.78 is 7.07. The minimum Gasteiger partial charge on any atom is -0.494 e. The van der Waals surface area contributed by atoms with Crippen molar-refractivity contribution in [3.63, 3.8) is 0 Å². The predicted octanol–water partition coefficient (Wildman–Crippen LogP) is 3.83. The fraction of sp³-hybridized carbons (Fsp3) is 0.600. The summed E-state index contributed by atoms with van der Waals surface area (Å²) >= 11 is 3.58. The van der Waals surface area contributed by atoms with E-state index >= 15 is 0 Å².